The first-order valence-corrected chi connectivity index (χ1v) is 8.17. The van der Waals surface area contributed by atoms with Gasteiger partial charge in [-0.25, -0.2) is 14.8 Å². The van der Waals surface area contributed by atoms with Gasteiger partial charge in [0.1, 0.15) is 23.4 Å². The maximum Gasteiger partial charge on any atom is 0.352 e. The lowest BCUT2D eigenvalue weighted by molar-refractivity contribution is -0.147. The van der Waals surface area contributed by atoms with Crippen molar-refractivity contribution in [1.82, 2.24) is 14.9 Å². The molecule has 0 unspecified atom stereocenters. The summed E-state index contributed by atoms with van der Waals surface area (Å²) in [6.45, 7) is 0. The van der Waals surface area contributed by atoms with E-state index in [4.69, 9.17) is 5.73 Å². The van der Waals surface area contributed by atoms with Crippen LogP contribution >= 0.6 is 23.5 Å². The number of aromatic nitrogens is 2. The largest absolute Gasteiger partial charge is 0.477 e. The number of amides is 1. The van der Waals surface area contributed by atoms with E-state index in [-0.39, 0.29) is 22.5 Å². The highest BCUT2D eigenvalue weighted by molar-refractivity contribution is 8.01. The van der Waals surface area contributed by atoms with Crippen molar-refractivity contribution in [2.75, 3.05) is 11.5 Å². The van der Waals surface area contributed by atoms with Crippen LogP contribution in [0, 0.1) is 0 Å². The number of nitrogens with two attached hydrogens (primary N) is 1. The van der Waals surface area contributed by atoms with E-state index in [0.29, 0.717) is 17.1 Å². The SMILES string of the molecule is N[C@@H]1C(=O)N2C(C(=O)O)=C(CSc3ccncn3)CS[C@H]12.O. The zero-order chi connectivity index (χ0) is 15.0. The summed E-state index contributed by atoms with van der Waals surface area (Å²) in [4.78, 5) is 32.5. The van der Waals surface area contributed by atoms with Crippen LogP contribution in [0.15, 0.2) is 34.9 Å². The van der Waals surface area contributed by atoms with Gasteiger partial charge < -0.3 is 16.3 Å². The number of rotatable bonds is 4. The van der Waals surface area contributed by atoms with Gasteiger partial charge in [-0.15, -0.1) is 23.5 Å². The number of aliphatic carboxylic acids is 1. The van der Waals surface area contributed by atoms with Gasteiger partial charge in [0.05, 0.1) is 5.03 Å². The fourth-order valence-electron chi connectivity index (χ4n) is 2.22. The quantitative estimate of drug-likeness (QED) is 0.417. The topological polar surface area (TPSA) is 141 Å². The molecule has 1 aromatic rings. The summed E-state index contributed by atoms with van der Waals surface area (Å²) < 4.78 is 0. The molecule has 5 N–H and O–H groups in total. The Hall–Kier alpha value is -1.62. The van der Waals surface area contributed by atoms with E-state index in [9.17, 15) is 14.7 Å². The van der Waals surface area contributed by atoms with E-state index in [1.807, 2.05) is 0 Å². The van der Waals surface area contributed by atoms with Gasteiger partial charge >= 0.3 is 5.97 Å². The monoisotopic (exact) mass is 342 g/mol. The van der Waals surface area contributed by atoms with E-state index in [0.717, 1.165) is 5.03 Å². The summed E-state index contributed by atoms with van der Waals surface area (Å²) in [5, 5.41) is 9.91. The summed E-state index contributed by atoms with van der Waals surface area (Å²) in [6, 6.07) is 1.16. The Morgan fingerprint density at radius 3 is 3.00 bits per heavy atom. The molecule has 8 nitrogen and oxygen atoms in total. The van der Waals surface area contributed by atoms with Gasteiger partial charge in [-0.1, -0.05) is 0 Å². The lowest BCUT2D eigenvalue weighted by atomic mass is 10.0. The van der Waals surface area contributed by atoms with Gasteiger partial charge in [0, 0.05) is 17.7 Å². The molecular formula is C12H14N4O4S2. The van der Waals surface area contributed by atoms with E-state index >= 15 is 0 Å². The molecule has 3 rings (SSSR count). The first kappa shape index (κ1) is 16.7. The van der Waals surface area contributed by atoms with Crippen molar-refractivity contribution >= 4 is 35.4 Å². The Labute approximate surface area is 134 Å². The minimum absolute atomic E-state index is 0. The molecule has 3 heterocycles. The number of carboxylic acids is 1. The molecule has 2 aliphatic heterocycles. The zero-order valence-electron chi connectivity index (χ0n) is 11.3. The second-order valence-corrected chi connectivity index (χ2v) is 6.63. The minimum Gasteiger partial charge on any atom is -0.477 e. The molecule has 2 atom stereocenters. The Kier molecular flexibility index (Phi) is 5.06. The molecule has 1 amide bonds. The van der Waals surface area contributed by atoms with Gasteiger partial charge in [0.15, 0.2) is 0 Å². The summed E-state index contributed by atoms with van der Waals surface area (Å²) >= 11 is 2.92. The highest BCUT2D eigenvalue weighted by Crippen LogP contribution is 2.40. The molecule has 0 aromatic carbocycles. The molecule has 0 bridgehead atoms. The van der Waals surface area contributed by atoms with Gasteiger partial charge in [-0.3, -0.25) is 9.69 Å². The number of hydrogen-bond acceptors (Lipinski definition) is 7. The molecule has 0 radical (unpaired) electrons. The third-order valence-electron chi connectivity index (χ3n) is 3.24. The molecule has 1 fully saturated rings. The third-order valence-corrected chi connectivity index (χ3v) is 5.63. The van der Waals surface area contributed by atoms with E-state index in [1.54, 1.807) is 12.3 Å². The lowest BCUT2D eigenvalue weighted by Gasteiger charge is -2.48. The Morgan fingerprint density at radius 2 is 2.36 bits per heavy atom. The fourth-order valence-corrected chi connectivity index (χ4v) is 4.48. The van der Waals surface area contributed by atoms with E-state index in [1.165, 1.54) is 34.8 Å². The number of fused-ring (bicyclic) bond motifs is 1. The lowest BCUT2D eigenvalue weighted by Crippen LogP contribution is -2.68. The standard InChI is InChI=1S/C12H12N4O3S2.H2O/c13-8-10(17)16-9(12(18)19)6(4-21-11(8)16)3-20-7-1-2-14-5-15-7;/h1-2,5,8,11H,3-4,13H2,(H,18,19);1H2/t8-,11-;/m1./s1. The molecule has 0 spiro atoms. The molecule has 0 aliphatic carbocycles. The molecular weight excluding hydrogens is 328 g/mol. The number of carboxylic acid groups (broad SMARTS) is 1. The Balaban J connectivity index is 0.00000176. The second kappa shape index (κ2) is 6.65. The van der Waals surface area contributed by atoms with Crippen molar-refractivity contribution < 1.29 is 20.2 Å². The van der Waals surface area contributed by atoms with Crippen LogP contribution in [0.3, 0.4) is 0 Å². The molecule has 22 heavy (non-hydrogen) atoms. The van der Waals surface area contributed by atoms with Crippen LogP contribution in [0.1, 0.15) is 0 Å². The van der Waals surface area contributed by atoms with Crippen LogP contribution < -0.4 is 5.73 Å². The van der Waals surface area contributed by atoms with E-state index in [2.05, 4.69) is 9.97 Å². The second-order valence-electron chi connectivity index (χ2n) is 4.53. The number of carbonyl (C=O) groups excluding carboxylic acids is 1. The number of thioether (sulfide) groups is 2. The normalized spacial score (nSPS) is 23.5. The molecule has 1 aromatic heterocycles. The van der Waals surface area contributed by atoms with Crippen LogP contribution in [-0.4, -0.2) is 60.2 Å². The van der Waals surface area contributed by atoms with E-state index < -0.39 is 12.0 Å². The van der Waals surface area contributed by atoms with Crippen molar-refractivity contribution in [2.45, 2.75) is 16.4 Å². The fraction of sp³-hybridized carbons (Fsp3) is 0.333. The average molecular weight is 342 g/mol. The van der Waals surface area contributed by atoms with Crippen molar-refractivity contribution in [1.29, 1.82) is 0 Å². The maximum absolute atomic E-state index is 11.8. The highest BCUT2D eigenvalue weighted by Gasteiger charge is 2.51. The van der Waals surface area contributed by atoms with Crippen molar-refractivity contribution in [3.05, 3.63) is 29.9 Å². The Bertz CT molecular complexity index is 625. The van der Waals surface area contributed by atoms with Crippen LogP contribution in [-0.2, 0) is 9.59 Å². The van der Waals surface area contributed by atoms with Crippen molar-refractivity contribution in [2.24, 2.45) is 5.73 Å². The third kappa shape index (κ3) is 2.82. The smallest absolute Gasteiger partial charge is 0.352 e. The molecule has 1 saturated heterocycles. The average Bonchev–Trinajstić information content (AvgIpc) is 2.52. The number of nitrogens with zero attached hydrogens (tertiary/aromatic N) is 3. The van der Waals surface area contributed by atoms with Crippen LogP contribution in [0.4, 0.5) is 0 Å². The predicted octanol–water partition coefficient (Wildman–Crippen LogP) is -0.675. The minimum atomic E-state index is -1.08. The van der Waals surface area contributed by atoms with Crippen LogP contribution in [0.5, 0.6) is 0 Å². The first-order chi connectivity index (χ1) is 10.1. The Morgan fingerprint density at radius 1 is 1.59 bits per heavy atom. The predicted molar refractivity (Wildman–Crippen MR) is 82.1 cm³/mol. The summed E-state index contributed by atoms with van der Waals surface area (Å²) in [5.41, 5.74) is 6.49. The molecule has 0 saturated carbocycles. The summed E-state index contributed by atoms with van der Waals surface area (Å²) in [5.74, 6) is -0.382. The van der Waals surface area contributed by atoms with Crippen molar-refractivity contribution in [3.8, 4) is 0 Å². The molecule has 118 valence electrons. The first-order valence-electron chi connectivity index (χ1n) is 6.14. The van der Waals surface area contributed by atoms with Crippen LogP contribution in [0.2, 0.25) is 0 Å². The maximum atomic E-state index is 11.8. The summed E-state index contributed by atoms with van der Waals surface area (Å²) in [7, 11) is 0. The van der Waals surface area contributed by atoms with Crippen molar-refractivity contribution in [3.63, 3.8) is 0 Å². The van der Waals surface area contributed by atoms with Gasteiger partial charge in [0.2, 0.25) is 5.91 Å². The summed E-state index contributed by atoms with van der Waals surface area (Å²) in [6.07, 6.45) is 3.07. The van der Waals surface area contributed by atoms with Gasteiger partial charge in [-0.2, -0.15) is 0 Å². The molecule has 2 aliphatic rings. The number of hydrogen-bond donors (Lipinski definition) is 2. The van der Waals surface area contributed by atoms with Crippen LogP contribution in [0.25, 0.3) is 0 Å². The number of β-lactam (4-membered cyclic amide) rings is 1. The van der Waals surface area contributed by atoms with Gasteiger partial charge in [-0.05, 0) is 11.6 Å². The van der Waals surface area contributed by atoms with Gasteiger partial charge in [0.25, 0.3) is 0 Å². The number of carbonyl (C=O) groups is 2. The molecule has 10 heteroatoms. The zero-order valence-corrected chi connectivity index (χ0v) is 12.9. The highest BCUT2D eigenvalue weighted by atomic mass is 32.2.